The highest BCUT2D eigenvalue weighted by molar-refractivity contribution is 6.32. The van der Waals surface area contributed by atoms with Gasteiger partial charge in [-0.1, -0.05) is 41.9 Å². The van der Waals surface area contributed by atoms with Gasteiger partial charge < -0.3 is 24.3 Å². The van der Waals surface area contributed by atoms with E-state index in [0.717, 1.165) is 11.3 Å². The summed E-state index contributed by atoms with van der Waals surface area (Å²) in [6.07, 6.45) is 0.987. The fraction of sp³-hybridized carbons (Fsp3) is 0.333. The number of fused-ring (bicyclic) bond motifs is 1. The molecule has 2 aliphatic heterocycles. The van der Waals surface area contributed by atoms with Crippen LogP contribution >= 0.6 is 11.6 Å². The van der Waals surface area contributed by atoms with Crippen molar-refractivity contribution in [3.63, 3.8) is 0 Å². The van der Waals surface area contributed by atoms with Crippen LogP contribution in [0.25, 0.3) is 0 Å². The summed E-state index contributed by atoms with van der Waals surface area (Å²) in [7, 11) is 1.54. The number of esters is 1. The van der Waals surface area contributed by atoms with E-state index >= 15 is 0 Å². The standard InChI is InChI=1S/C27H26ClNO6/c1-15-24(27(31)33-9-8-32-2)25(18-12-22-23(13-19(18)28)35-14-34-22)26-20(29-15)10-17(11-21(26)30)16-6-4-3-5-7-16/h3-7,12-13,17,25,29H,8-11,14H2,1-2H3/t17-,25-/m0/s1. The number of carbonyl (C=O) groups excluding carboxylic acids is 2. The van der Waals surface area contributed by atoms with Gasteiger partial charge in [-0.2, -0.15) is 0 Å². The summed E-state index contributed by atoms with van der Waals surface area (Å²) < 4.78 is 21.5. The summed E-state index contributed by atoms with van der Waals surface area (Å²) in [5.41, 5.74) is 4.05. The highest BCUT2D eigenvalue weighted by atomic mass is 35.5. The fourth-order valence-electron chi connectivity index (χ4n) is 5.03. The molecule has 0 saturated heterocycles. The molecule has 3 aliphatic rings. The first-order valence-corrected chi connectivity index (χ1v) is 11.9. The Balaban J connectivity index is 1.59. The predicted octanol–water partition coefficient (Wildman–Crippen LogP) is 4.62. The van der Waals surface area contributed by atoms with Gasteiger partial charge in [-0.3, -0.25) is 4.79 Å². The van der Waals surface area contributed by atoms with Crippen molar-refractivity contribution < 1.29 is 28.5 Å². The molecule has 0 radical (unpaired) electrons. The summed E-state index contributed by atoms with van der Waals surface area (Å²) in [4.78, 5) is 27.0. The van der Waals surface area contributed by atoms with Crippen LogP contribution in [0.15, 0.2) is 65.0 Å². The molecule has 0 bridgehead atoms. The Bertz CT molecular complexity index is 1240. The van der Waals surface area contributed by atoms with Crippen molar-refractivity contribution in [2.45, 2.75) is 31.6 Å². The van der Waals surface area contributed by atoms with Crippen molar-refractivity contribution in [1.29, 1.82) is 0 Å². The van der Waals surface area contributed by atoms with Crippen LogP contribution in [-0.4, -0.2) is 38.9 Å². The van der Waals surface area contributed by atoms with Crippen molar-refractivity contribution in [1.82, 2.24) is 5.32 Å². The smallest absolute Gasteiger partial charge is 0.336 e. The lowest BCUT2D eigenvalue weighted by atomic mass is 9.71. The zero-order valence-corrected chi connectivity index (χ0v) is 20.3. The third-order valence-electron chi connectivity index (χ3n) is 6.64. The number of halogens is 1. The number of rotatable bonds is 6. The molecule has 35 heavy (non-hydrogen) atoms. The molecule has 2 aromatic rings. The van der Waals surface area contributed by atoms with Gasteiger partial charge in [-0.05, 0) is 36.5 Å². The van der Waals surface area contributed by atoms with E-state index in [1.54, 1.807) is 12.1 Å². The Hall–Kier alpha value is -3.29. The Morgan fingerprint density at radius 2 is 1.86 bits per heavy atom. The number of benzene rings is 2. The number of hydrogen-bond donors (Lipinski definition) is 1. The van der Waals surface area contributed by atoms with Crippen molar-refractivity contribution in [3.8, 4) is 11.5 Å². The van der Waals surface area contributed by atoms with Crippen LogP contribution < -0.4 is 14.8 Å². The van der Waals surface area contributed by atoms with Crippen molar-refractivity contribution in [2.24, 2.45) is 0 Å². The topological polar surface area (TPSA) is 83.1 Å². The first kappa shape index (κ1) is 23.5. The van der Waals surface area contributed by atoms with E-state index < -0.39 is 11.9 Å². The number of carbonyl (C=O) groups is 2. The van der Waals surface area contributed by atoms with Gasteiger partial charge in [0.05, 0.1) is 12.2 Å². The average Bonchev–Trinajstić information content (AvgIpc) is 3.30. The molecule has 1 aliphatic carbocycles. The number of Topliss-reactive ketones (excluding diaryl/α,β-unsaturated/α-hetero) is 1. The Morgan fingerprint density at radius 3 is 2.60 bits per heavy atom. The number of ketones is 1. The molecule has 0 spiro atoms. The van der Waals surface area contributed by atoms with Crippen molar-refractivity contribution >= 4 is 23.4 Å². The van der Waals surface area contributed by atoms with Crippen molar-refractivity contribution in [3.05, 3.63) is 81.2 Å². The molecular weight excluding hydrogens is 470 g/mol. The van der Waals surface area contributed by atoms with Gasteiger partial charge in [0.1, 0.15) is 6.61 Å². The molecule has 2 aromatic carbocycles. The van der Waals surface area contributed by atoms with Gasteiger partial charge in [0.2, 0.25) is 6.79 Å². The van der Waals surface area contributed by atoms with Crippen LogP contribution in [0.1, 0.15) is 42.7 Å². The van der Waals surface area contributed by atoms with Crippen LogP contribution in [0, 0.1) is 0 Å². The lowest BCUT2D eigenvalue weighted by molar-refractivity contribution is -0.140. The van der Waals surface area contributed by atoms with Crippen molar-refractivity contribution in [2.75, 3.05) is 27.1 Å². The maximum absolute atomic E-state index is 13.7. The minimum absolute atomic E-state index is 0.0268. The summed E-state index contributed by atoms with van der Waals surface area (Å²) in [6.45, 7) is 2.28. The predicted molar refractivity (Wildman–Crippen MR) is 129 cm³/mol. The monoisotopic (exact) mass is 495 g/mol. The maximum atomic E-state index is 13.7. The molecule has 2 heterocycles. The summed E-state index contributed by atoms with van der Waals surface area (Å²) in [6, 6.07) is 13.4. The van der Waals surface area contributed by atoms with Crippen LogP contribution in [0.4, 0.5) is 0 Å². The largest absolute Gasteiger partial charge is 0.460 e. The zero-order chi connectivity index (χ0) is 24.5. The van der Waals surface area contributed by atoms with Gasteiger partial charge in [0.15, 0.2) is 17.3 Å². The van der Waals surface area contributed by atoms with E-state index in [-0.39, 0.29) is 31.7 Å². The number of hydrogen-bond acceptors (Lipinski definition) is 7. The summed E-state index contributed by atoms with van der Waals surface area (Å²) in [5, 5.41) is 3.74. The number of nitrogens with one attached hydrogen (secondary N) is 1. The minimum Gasteiger partial charge on any atom is -0.460 e. The average molecular weight is 496 g/mol. The molecule has 182 valence electrons. The van der Waals surface area contributed by atoms with E-state index in [1.165, 1.54) is 7.11 Å². The molecule has 7 nitrogen and oxygen atoms in total. The Morgan fingerprint density at radius 1 is 1.11 bits per heavy atom. The number of methoxy groups -OCH3 is 1. The second-order valence-corrected chi connectivity index (χ2v) is 9.19. The van der Waals surface area contributed by atoms with E-state index in [9.17, 15) is 9.59 Å². The lowest BCUT2D eigenvalue weighted by Gasteiger charge is -2.37. The third kappa shape index (κ3) is 4.42. The second kappa shape index (κ2) is 9.76. The summed E-state index contributed by atoms with van der Waals surface area (Å²) >= 11 is 6.70. The van der Waals surface area contributed by atoms with E-state index in [2.05, 4.69) is 5.32 Å². The highest BCUT2D eigenvalue weighted by Crippen LogP contribution is 2.49. The highest BCUT2D eigenvalue weighted by Gasteiger charge is 2.42. The molecule has 1 N–H and O–H groups in total. The van der Waals surface area contributed by atoms with Gasteiger partial charge in [0, 0.05) is 47.5 Å². The lowest BCUT2D eigenvalue weighted by Crippen LogP contribution is -2.36. The van der Waals surface area contributed by atoms with Crippen LogP contribution in [0.3, 0.4) is 0 Å². The zero-order valence-electron chi connectivity index (χ0n) is 19.6. The molecule has 0 amide bonds. The molecule has 8 heteroatoms. The Labute approximate surface area is 208 Å². The number of dihydropyridines is 1. The number of ether oxygens (including phenoxy) is 4. The maximum Gasteiger partial charge on any atom is 0.336 e. The molecule has 0 aromatic heterocycles. The second-order valence-electron chi connectivity index (χ2n) is 8.78. The molecule has 0 saturated carbocycles. The quantitative estimate of drug-likeness (QED) is 0.462. The first-order chi connectivity index (χ1) is 17.0. The summed E-state index contributed by atoms with van der Waals surface area (Å²) in [5.74, 6) is -0.124. The Kier molecular flexibility index (Phi) is 6.54. The normalized spacial score (nSPS) is 21.1. The molecule has 5 rings (SSSR count). The van der Waals surface area contributed by atoms with Gasteiger partial charge in [-0.15, -0.1) is 0 Å². The minimum atomic E-state index is -0.687. The van der Waals surface area contributed by atoms with Crippen LogP contribution in [-0.2, 0) is 19.1 Å². The molecular formula is C27H26ClNO6. The van der Waals surface area contributed by atoms with Crippen LogP contribution in [0.2, 0.25) is 5.02 Å². The van der Waals surface area contributed by atoms with E-state index in [1.807, 2.05) is 37.3 Å². The molecule has 0 unspecified atom stereocenters. The first-order valence-electron chi connectivity index (χ1n) is 11.5. The van der Waals surface area contributed by atoms with Gasteiger partial charge in [-0.25, -0.2) is 4.79 Å². The SMILES string of the molecule is COCCOC(=O)C1=C(C)NC2=C(C(=O)C[C@@H](c3ccccc3)C2)[C@H]1c1cc2c(cc1Cl)OCO2. The third-order valence-corrected chi connectivity index (χ3v) is 6.97. The fourth-order valence-corrected chi connectivity index (χ4v) is 5.29. The number of allylic oxidation sites excluding steroid dienone is 3. The van der Waals surface area contributed by atoms with Crippen LogP contribution in [0.5, 0.6) is 11.5 Å². The van der Waals surface area contributed by atoms with Gasteiger partial charge in [0.25, 0.3) is 0 Å². The van der Waals surface area contributed by atoms with E-state index in [4.69, 9.17) is 30.5 Å². The van der Waals surface area contributed by atoms with Gasteiger partial charge >= 0.3 is 5.97 Å². The van der Waals surface area contributed by atoms with E-state index in [0.29, 0.717) is 51.8 Å². The molecule has 2 atom stereocenters. The molecule has 0 fully saturated rings.